The number of alkyl halides is 2. The number of carbonyl (C=O) groups excluding carboxylic acids is 1. The van der Waals surface area contributed by atoms with Gasteiger partial charge in [0.2, 0.25) is 0 Å². The molecule has 0 aromatic heterocycles. The highest BCUT2D eigenvalue weighted by Crippen LogP contribution is 2.27. The molecule has 0 saturated carbocycles. The molecule has 8 heteroatoms. The molecule has 0 radical (unpaired) electrons. The quantitative estimate of drug-likeness (QED) is 0.579. The van der Waals surface area contributed by atoms with E-state index < -0.39 is 18.5 Å². The smallest absolute Gasteiger partial charge is 0.322 e. The summed E-state index contributed by atoms with van der Waals surface area (Å²) < 4.78 is 26.1. The molecule has 0 unspecified atom stereocenters. The molecule has 0 aliphatic carbocycles. The predicted molar refractivity (Wildman–Crippen MR) is 72.6 cm³/mol. The van der Waals surface area contributed by atoms with Crippen LogP contribution in [-0.4, -0.2) is 35.8 Å². The van der Waals surface area contributed by atoms with E-state index in [1.807, 2.05) is 0 Å². The number of amidine groups is 1. The van der Waals surface area contributed by atoms with E-state index in [0.717, 1.165) is 4.90 Å². The van der Waals surface area contributed by atoms with Crippen molar-refractivity contribution in [1.29, 1.82) is 5.41 Å². The molecule has 2 amide bonds. The van der Waals surface area contributed by atoms with Gasteiger partial charge in [-0.2, -0.15) is 0 Å². The highest BCUT2D eigenvalue weighted by atomic mass is 35.5. The predicted octanol–water partition coefficient (Wildman–Crippen LogP) is 2.50. The molecule has 1 fully saturated rings. The normalized spacial score (nSPS) is 17.1. The molecular formula is C12H13ClF2N4O. The van der Waals surface area contributed by atoms with Gasteiger partial charge in [0.05, 0.1) is 11.6 Å². The number of benzene rings is 1. The number of nitrogens with zero attached hydrogens (tertiary/aromatic N) is 1. The van der Waals surface area contributed by atoms with E-state index in [1.54, 1.807) is 0 Å². The number of hydrogen-bond acceptors (Lipinski definition) is 2. The third-order valence-electron chi connectivity index (χ3n) is 2.96. The fourth-order valence-corrected chi connectivity index (χ4v) is 2.14. The van der Waals surface area contributed by atoms with Crippen LogP contribution in [-0.2, 0) is 0 Å². The summed E-state index contributed by atoms with van der Waals surface area (Å²) in [5.41, 5.74) is 5.97. The van der Waals surface area contributed by atoms with E-state index in [9.17, 15) is 13.6 Å². The first-order valence-electron chi connectivity index (χ1n) is 5.86. The number of halogens is 3. The second-order valence-corrected chi connectivity index (χ2v) is 4.97. The van der Waals surface area contributed by atoms with Gasteiger partial charge < -0.3 is 16.0 Å². The van der Waals surface area contributed by atoms with E-state index in [4.69, 9.17) is 22.7 Å². The number of urea groups is 1. The lowest BCUT2D eigenvalue weighted by atomic mass is 10.2. The Hall–Kier alpha value is -1.89. The summed E-state index contributed by atoms with van der Waals surface area (Å²) in [6, 6.07) is 3.81. The number of anilines is 1. The van der Waals surface area contributed by atoms with Gasteiger partial charge in [-0.05, 0) is 18.2 Å². The highest BCUT2D eigenvalue weighted by Gasteiger charge is 2.40. The van der Waals surface area contributed by atoms with Crippen molar-refractivity contribution in [3.05, 3.63) is 28.8 Å². The van der Waals surface area contributed by atoms with Crippen molar-refractivity contribution >= 4 is 29.2 Å². The van der Waals surface area contributed by atoms with Crippen LogP contribution in [0.1, 0.15) is 12.0 Å². The molecule has 0 spiro atoms. The van der Waals surface area contributed by atoms with Gasteiger partial charge in [0.15, 0.2) is 0 Å². The van der Waals surface area contributed by atoms with Gasteiger partial charge in [0.1, 0.15) is 5.84 Å². The second-order valence-electron chi connectivity index (χ2n) is 4.57. The molecule has 108 valence electrons. The first-order valence-corrected chi connectivity index (χ1v) is 6.24. The third kappa shape index (κ3) is 3.16. The average molecular weight is 303 g/mol. The zero-order valence-electron chi connectivity index (χ0n) is 10.4. The van der Waals surface area contributed by atoms with Gasteiger partial charge in [-0.1, -0.05) is 11.6 Å². The summed E-state index contributed by atoms with van der Waals surface area (Å²) in [4.78, 5) is 12.9. The Morgan fingerprint density at radius 1 is 1.50 bits per heavy atom. The second kappa shape index (κ2) is 5.24. The van der Waals surface area contributed by atoms with Gasteiger partial charge in [-0.3, -0.25) is 5.41 Å². The van der Waals surface area contributed by atoms with Crippen LogP contribution in [0.5, 0.6) is 0 Å². The molecular weight excluding hydrogens is 290 g/mol. The van der Waals surface area contributed by atoms with Crippen molar-refractivity contribution in [3.63, 3.8) is 0 Å². The molecule has 5 nitrogen and oxygen atoms in total. The molecule has 1 heterocycles. The SMILES string of the molecule is N=C(N)c1cc(NC(=O)N2CCC(F)(F)C2)ccc1Cl. The summed E-state index contributed by atoms with van der Waals surface area (Å²) in [7, 11) is 0. The molecule has 20 heavy (non-hydrogen) atoms. The van der Waals surface area contributed by atoms with Crippen molar-refractivity contribution in [2.75, 3.05) is 18.4 Å². The van der Waals surface area contributed by atoms with Crippen LogP contribution in [0.25, 0.3) is 0 Å². The number of rotatable bonds is 2. The summed E-state index contributed by atoms with van der Waals surface area (Å²) in [6.45, 7) is -0.585. The number of likely N-dealkylation sites (tertiary alicyclic amines) is 1. The average Bonchev–Trinajstić information content (AvgIpc) is 2.72. The van der Waals surface area contributed by atoms with Crippen molar-refractivity contribution in [2.45, 2.75) is 12.3 Å². The maximum Gasteiger partial charge on any atom is 0.322 e. The standard InChI is InChI=1S/C12H13ClF2N4O/c13-9-2-1-7(5-8(9)10(16)17)18-11(20)19-4-3-12(14,15)6-19/h1-2,5H,3-4,6H2,(H3,16,17)(H,18,20). The van der Waals surface area contributed by atoms with Gasteiger partial charge >= 0.3 is 6.03 Å². The van der Waals surface area contributed by atoms with Crippen LogP contribution >= 0.6 is 11.6 Å². The molecule has 1 aromatic carbocycles. The first-order chi connectivity index (χ1) is 9.28. The molecule has 0 bridgehead atoms. The Kier molecular flexibility index (Phi) is 3.80. The highest BCUT2D eigenvalue weighted by molar-refractivity contribution is 6.34. The van der Waals surface area contributed by atoms with Crippen molar-refractivity contribution in [1.82, 2.24) is 4.90 Å². The van der Waals surface area contributed by atoms with Crippen molar-refractivity contribution < 1.29 is 13.6 Å². The topological polar surface area (TPSA) is 82.2 Å². The molecule has 2 rings (SSSR count). The molecule has 0 atom stereocenters. The molecule has 1 aromatic rings. The van der Waals surface area contributed by atoms with Gasteiger partial charge in [0.25, 0.3) is 5.92 Å². The lowest BCUT2D eigenvalue weighted by molar-refractivity contribution is 0.0159. The molecule has 4 N–H and O–H groups in total. The summed E-state index contributed by atoms with van der Waals surface area (Å²) >= 11 is 5.85. The van der Waals surface area contributed by atoms with E-state index >= 15 is 0 Å². The van der Waals surface area contributed by atoms with Crippen LogP contribution in [0.3, 0.4) is 0 Å². The van der Waals surface area contributed by atoms with Crippen LogP contribution in [0.15, 0.2) is 18.2 Å². The van der Waals surface area contributed by atoms with Gasteiger partial charge in [0, 0.05) is 24.2 Å². The maximum absolute atomic E-state index is 13.0. The number of nitrogen functional groups attached to an aromatic ring is 1. The van der Waals surface area contributed by atoms with Crippen molar-refractivity contribution in [2.24, 2.45) is 5.73 Å². The third-order valence-corrected chi connectivity index (χ3v) is 3.29. The molecule has 1 aliphatic heterocycles. The summed E-state index contributed by atoms with van der Waals surface area (Å²) in [6.07, 6.45) is -0.334. The zero-order chi connectivity index (χ0) is 14.9. The fraction of sp³-hybridized carbons (Fsp3) is 0.333. The number of nitrogens with two attached hydrogens (primary N) is 1. The number of nitrogens with one attached hydrogen (secondary N) is 2. The van der Waals surface area contributed by atoms with Gasteiger partial charge in [-0.15, -0.1) is 0 Å². The number of carbonyl (C=O) groups is 1. The van der Waals surface area contributed by atoms with Crippen LogP contribution in [0.4, 0.5) is 19.3 Å². The number of hydrogen-bond donors (Lipinski definition) is 3. The van der Waals surface area contributed by atoms with Crippen LogP contribution in [0, 0.1) is 5.41 Å². The Balaban J connectivity index is 2.09. The van der Waals surface area contributed by atoms with E-state index in [2.05, 4.69) is 5.32 Å². The van der Waals surface area contributed by atoms with Gasteiger partial charge in [-0.25, -0.2) is 13.6 Å². The van der Waals surface area contributed by atoms with Crippen LogP contribution < -0.4 is 11.1 Å². The lowest BCUT2D eigenvalue weighted by Crippen LogP contribution is -2.35. The van der Waals surface area contributed by atoms with E-state index in [0.29, 0.717) is 5.69 Å². The van der Waals surface area contributed by atoms with E-state index in [1.165, 1.54) is 18.2 Å². The minimum absolute atomic E-state index is 0.00594. The van der Waals surface area contributed by atoms with E-state index in [-0.39, 0.29) is 29.4 Å². The van der Waals surface area contributed by atoms with Crippen LogP contribution in [0.2, 0.25) is 5.02 Å². The maximum atomic E-state index is 13.0. The Labute approximate surface area is 119 Å². The molecule has 1 aliphatic rings. The largest absolute Gasteiger partial charge is 0.384 e. The summed E-state index contributed by atoms with van der Waals surface area (Å²) in [5.74, 6) is -3.07. The minimum Gasteiger partial charge on any atom is -0.384 e. The number of amides is 2. The Morgan fingerprint density at radius 3 is 2.75 bits per heavy atom. The first kappa shape index (κ1) is 14.5. The Bertz CT molecular complexity index is 564. The zero-order valence-corrected chi connectivity index (χ0v) is 11.2. The Morgan fingerprint density at radius 2 is 2.20 bits per heavy atom. The summed E-state index contributed by atoms with van der Waals surface area (Å²) in [5, 5.41) is 10.1. The molecule has 1 saturated heterocycles. The van der Waals surface area contributed by atoms with Crippen molar-refractivity contribution in [3.8, 4) is 0 Å². The fourth-order valence-electron chi connectivity index (χ4n) is 1.92. The minimum atomic E-state index is -2.83. The monoisotopic (exact) mass is 302 g/mol. The lowest BCUT2D eigenvalue weighted by Gasteiger charge is -2.17.